The van der Waals surface area contributed by atoms with E-state index in [1.54, 1.807) is 5.48 Å². The van der Waals surface area contributed by atoms with E-state index in [0.29, 0.717) is 11.8 Å². The summed E-state index contributed by atoms with van der Waals surface area (Å²) >= 11 is 0. The number of carbonyl (C=O) groups is 2. The maximum atomic E-state index is 11.4. The zero-order valence-corrected chi connectivity index (χ0v) is 24.0. The normalized spacial score (nSPS) is 17.8. The first-order chi connectivity index (χ1) is 19.8. The van der Waals surface area contributed by atoms with Crippen molar-refractivity contribution < 1.29 is 28.9 Å². The number of carboxylic acid groups (broad SMARTS) is 1. The molecule has 7 N–H and O–H groups in total. The molecule has 2 saturated carbocycles. The van der Waals surface area contributed by atoms with Crippen molar-refractivity contribution in [3.8, 4) is 0 Å². The van der Waals surface area contributed by atoms with Gasteiger partial charge in [0.15, 0.2) is 0 Å². The molecule has 0 bridgehead atoms. The van der Waals surface area contributed by atoms with E-state index in [1.807, 2.05) is 0 Å². The molecular formula is C28H47N7O6. The van der Waals surface area contributed by atoms with E-state index in [9.17, 15) is 9.59 Å². The van der Waals surface area contributed by atoms with E-state index in [-0.39, 0.29) is 36.6 Å². The molecule has 0 spiro atoms. The summed E-state index contributed by atoms with van der Waals surface area (Å²) in [6.45, 7) is 0. The molecule has 230 valence electrons. The SMILES string of the molecule is Nc1noc([C@H](CCCC2CCCCC2)CC(=O)NO)n1.Nc1noc([C@H](CCCC2CCCCC2)CC(=O)O)n1. The number of carboxylic acids is 1. The van der Waals surface area contributed by atoms with Gasteiger partial charge >= 0.3 is 5.97 Å². The fourth-order valence-corrected chi connectivity index (χ4v) is 6.19. The molecule has 41 heavy (non-hydrogen) atoms. The molecule has 13 heteroatoms. The molecule has 2 aromatic rings. The molecule has 0 radical (unpaired) electrons. The van der Waals surface area contributed by atoms with Crippen LogP contribution in [0.2, 0.25) is 0 Å². The van der Waals surface area contributed by atoms with Crippen molar-refractivity contribution in [3.05, 3.63) is 11.8 Å². The predicted molar refractivity (Wildman–Crippen MR) is 151 cm³/mol. The highest BCUT2D eigenvalue weighted by molar-refractivity contribution is 5.75. The third-order valence-corrected chi connectivity index (χ3v) is 8.37. The highest BCUT2D eigenvalue weighted by Gasteiger charge is 2.24. The van der Waals surface area contributed by atoms with E-state index < -0.39 is 11.9 Å². The third kappa shape index (κ3) is 12.0. The van der Waals surface area contributed by atoms with E-state index in [1.165, 1.54) is 77.0 Å². The number of nitrogens with zero attached hydrogens (tertiary/aromatic N) is 4. The highest BCUT2D eigenvalue weighted by atomic mass is 16.5. The topological polar surface area (TPSA) is 217 Å². The molecule has 2 aromatic heterocycles. The van der Waals surface area contributed by atoms with E-state index in [2.05, 4.69) is 20.3 Å². The molecule has 0 unspecified atom stereocenters. The number of hydrogen-bond donors (Lipinski definition) is 5. The second kappa shape index (κ2) is 17.6. The van der Waals surface area contributed by atoms with Crippen molar-refractivity contribution in [2.75, 3.05) is 11.5 Å². The van der Waals surface area contributed by atoms with Crippen LogP contribution in [-0.2, 0) is 9.59 Å². The predicted octanol–water partition coefficient (Wildman–Crippen LogP) is 5.34. The first-order valence-electron chi connectivity index (χ1n) is 15.2. The number of hydroxylamine groups is 1. The molecular weight excluding hydrogens is 530 g/mol. The molecule has 2 aliphatic carbocycles. The van der Waals surface area contributed by atoms with Gasteiger partial charge in [-0.05, 0) is 35.0 Å². The highest BCUT2D eigenvalue weighted by Crippen LogP contribution is 2.32. The summed E-state index contributed by atoms with van der Waals surface area (Å²) in [6, 6.07) is 0. The van der Waals surface area contributed by atoms with Crippen LogP contribution in [0.3, 0.4) is 0 Å². The molecule has 4 rings (SSSR count). The maximum Gasteiger partial charge on any atom is 0.304 e. The lowest BCUT2D eigenvalue weighted by molar-refractivity contribution is -0.137. The van der Waals surface area contributed by atoms with Crippen LogP contribution in [0.15, 0.2) is 9.05 Å². The Morgan fingerprint density at radius 1 is 0.780 bits per heavy atom. The van der Waals surface area contributed by atoms with Gasteiger partial charge in [0.25, 0.3) is 11.9 Å². The first-order valence-corrected chi connectivity index (χ1v) is 15.2. The van der Waals surface area contributed by atoms with Crippen LogP contribution in [0.5, 0.6) is 0 Å². The van der Waals surface area contributed by atoms with Gasteiger partial charge < -0.3 is 25.6 Å². The number of aliphatic carboxylic acids is 1. The second-order valence-corrected chi connectivity index (χ2v) is 11.6. The number of nitrogen functional groups attached to an aromatic ring is 2. The zero-order valence-electron chi connectivity index (χ0n) is 24.0. The van der Waals surface area contributed by atoms with Gasteiger partial charge in [-0.1, -0.05) is 89.9 Å². The van der Waals surface area contributed by atoms with Gasteiger partial charge in [-0.3, -0.25) is 14.8 Å². The van der Waals surface area contributed by atoms with Gasteiger partial charge in [0, 0.05) is 18.3 Å². The Hall–Kier alpha value is -3.22. The first kappa shape index (κ1) is 32.3. The summed E-state index contributed by atoms with van der Waals surface area (Å²) in [7, 11) is 0. The van der Waals surface area contributed by atoms with Gasteiger partial charge in [-0.25, -0.2) is 5.48 Å². The van der Waals surface area contributed by atoms with Crippen LogP contribution in [-0.4, -0.2) is 42.5 Å². The molecule has 13 nitrogen and oxygen atoms in total. The van der Waals surface area contributed by atoms with Gasteiger partial charge in [0.1, 0.15) is 0 Å². The van der Waals surface area contributed by atoms with Gasteiger partial charge in [-0.15, -0.1) is 0 Å². The molecule has 2 fully saturated rings. The lowest BCUT2D eigenvalue weighted by Crippen LogP contribution is -2.21. The molecule has 0 aromatic carbocycles. The van der Waals surface area contributed by atoms with Crippen molar-refractivity contribution in [3.63, 3.8) is 0 Å². The number of hydrogen-bond acceptors (Lipinski definition) is 11. The Kier molecular flexibility index (Phi) is 13.8. The fraction of sp³-hybridized carbons (Fsp3) is 0.786. The summed E-state index contributed by atoms with van der Waals surface area (Å²) in [5.74, 6) is 0.786. The molecule has 2 aliphatic rings. The van der Waals surface area contributed by atoms with Gasteiger partial charge in [-0.2, -0.15) is 9.97 Å². The van der Waals surface area contributed by atoms with Crippen LogP contribution in [0, 0.1) is 11.8 Å². The molecule has 2 heterocycles. The number of carbonyl (C=O) groups excluding carboxylic acids is 1. The Morgan fingerprint density at radius 3 is 1.59 bits per heavy atom. The number of aromatic nitrogens is 4. The summed E-state index contributed by atoms with van der Waals surface area (Å²) < 4.78 is 10.1. The number of amides is 1. The average Bonchev–Trinajstić information content (AvgIpc) is 3.61. The van der Waals surface area contributed by atoms with Crippen molar-refractivity contribution in [1.82, 2.24) is 25.8 Å². The van der Waals surface area contributed by atoms with E-state index >= 15 is 0 Å². The average molecular weight is 578 g/mol. The van der Waals surface area contributed by atoms with Crippen molar-refractivity contribution in [1.29, 1.82) is 0 Å². The molecule has 1 amide bonds. The minimum absolute atomic E-state index is 0.0201. The Morgan fingerprint density at radius 2 is 1.22 bits per heavy atom. The largest absolute Gasteiger partial charge is 0.481 e. The lowest BCUT2D eigenvalue weighted by atomic mass is 9.84. The quantitative estimate of drug-likeness (QED) is 0.142. The lowest BCUT2D eigenvalue weighted by Gasteiger charge is -2.22. The molecule has 2 atom stereocenters. The Labute approximate surface area is 241 Å². The minimum Gasteiger partial charge on any atom is -0.481 e. The van der Waals surface area contributed by atoms with Crippen LogP contribution in [0.25, 0.3) is 0 Å². The van der Waals surface area contributed by atoms with Crippen LogP contribution in [0.4, 0.5) is 11.9 Å². The summed E-state index contributed by atoms with van der Waals surface area (Å²) in [4.78, 5) is 30.3. The smallest absolute Gasteiger partial charge is 0.304 e. The number of nitrogens with one attached hydrogen (secondary N) is 1. The van der Waals surface area contributed by atoms with E-state index in [4.69, 9.17) is 30.8 Å². The maximum absolute atomic E-state index is 11.4. The molecule has 0 aliphatic heterocycles. The summed E-state index contributed by atoms with van der Waals surface area (Å²) in [5.41, 5.74) is 12.5. The van der Waals surface area contributed by atoms with Gasteiger partial charge in [0.05, 0.1) is 6.42 Å². The van der Waals surface area contributed by atoms with Crippen molar-refractivity contribution in [2.45, 2.75) is 127 Å². The van der Waals surface area contributed by atoms with Gasteiger partial charge in [0.2, 0.25) is 17.7 Å². The second-order valence-electron chi connectivity index (χ2n) is 11.6. The summed E-state index contributed by atoms with van der Waals surface area (Å²) in [5, 5.41) is 24.8. The zero-order chi connectivity index (χ0) is 29.5. The molecule has 0 saturated heterocycles. The standard InChI is InChI=1S/C14H24N4O3.C14H23N3O3/c15-14-16-13(21-18-14)11(9-12(19)17-20)8-4-7-10-5-2-1-3-6-10;15-14-16-13(20-17-14)11(9-12(18)19)8-4-7-10-5-2-1-3-6-10/h10-11,20H,1-9H2,(H2,15,18)(H,17,19);10-11H,1-9H2,(H2,15,17)(H,18,19)/t2*11-/m11/s1. The Balaban J connectivity index is 0.000000226. The summed E-state index contributed by atoms with van der Waals surface area (Å²) in [6.07, 6.45) is 19.4. The minimum atomic E-state index is -0.843. The van der Waals surface area contributed by atoms with Crippen molar-refractivity contribution >= 4 is 23.8 Å². The monoisotopic (exact) mass is 577 g/mol. The number of nitrogens with two attached hydrogens (primary N) is 2. The number of rotatable bonds is 14. The van der Waals surface area contributed by atoms with Crippen molar-refractivity contribution in [2.24, 2.45) is 11.8 Å². The van der Waals surface area contributed by atoms with E-state index in [0.717, 1.165) is 37.5 Å². The van der Waals surface area contributed by atoms with Crippen LogP contribution in [0.1, 0.15) is 139 Å². The van der Waals surface area contributed by atoms with Crippen LogP contribution >= 0.6 is 0 Å². The van der Waals surface area contributed by atoms with Crippen LogP contribution < -0.4 is 16.9 Å². The fourth-order valence-electron chi connectivity index (χ4n) is 6.19. The third-order valence-electron chi connectivity index (χ3n) is 8.37. The number of anilines is 2. The Bertz CT molecular complexity index is 1030.